The minimum atomic E-state index is 0.207. The first-order chi connectivity index (χ1) is 6.24. The van der Waals surface area contributed by atoms with E-state index in [1.54, 1.807) is 0 Å². The van der Waals surface area contributed by atoms with Gasteiger partial charge in [-0.15, -0.1) is 0 Å². The predicted octanol–water partition coefficient (Wildman–Crippen LogP) is 1.94. The summed E-state index contributed by atoms with van der Waals surface area (Å²) in [6.07, 6.45) is 5.47. The molecule has 76 valence electrons. The van der Waals surface area contributed by atoms with Gasteiger partial charge >= 0.3 is 0 Å². The lowest BCUT2D eigenvalue weighted by Crippen LogP contribution is -2.52. The summed E-state index contributed by atoms with van der Waals surface area (Å²) in [6.45, 7) is 6.68. The lowest BCUT2D eigenvalue weighted by atomic mass is 9.97. The number of nitrogens with one attached hydrogen (secondary N) is 1. The molecule has 2 heteroatoms. The summed E-state index contributed by atoms with van der Waals surface area (Å²) in [6, 6.07) is 0. The third kappa shape index (κ3) is 1.89. The van der Waals surface area contributed by atoms with Crippen LogP contribution < -0.4 is 5.32 Å². The molecule has 1 saturated heterocycles. The summed E-state index contributed by atoms with van der Waals surface area (Å²) in [5.41, 5.74) is 0.207. The summed E-state index contributed by atoms with van der Waals surface area (Å²) in [5, 5.41) is 3.51. The smallest absolute Gasteiger partial charge is 0.0813 e. The summed E-state index contributed by atoms with van der Waals surface area (Å²) < 4.78 is 6.19. The number of ether oxygens (including phenoxy) is 1. The van der Waals surface area contributed by atoms with Crippen molar-refractivity contribution in [1.82, 2.24) is 5.32 Å². The largest absolute Gasteiger partial charge is 0.369 e. The monoisotopic (exact) mass is 183 g/mol. The van der Waals surface area contributed by atoms with Crippen LogP contribution in [0.1, 0.15) is 39.5 Å². The van der Waals surface area contributed by atoms with Crippen LogP contribution in [0.2, 0.25) is 0 Å². The Hall–Kier alpha value is -0.0800. The second kappa shape index (κ2) is 3.58. The molecule has 0 bridgehead atoms. The van der Waals surface area contributed by atoms with E-state index in [2.05, 4.69) is 19.2 Å². The fraction of sp³-hybridized carbons (Fsp3) is 1.00. The van der Waals surface area contributed by atoms with Crippen molar-refractivity contribution in [3.8, 4) is 0 Å². The molecule has 0 radical (unpaired) electrons. The molecule has 2 nitrogen and oxygen atoms in total. The highest BCUT2D eigenvalue weighted by atomic mass is 16.5. The zero-order valence-electron chi connectivity index (χ0n) is 8.81. The Balaban J connectivity index is 1.98. The Bertz CT molecular complexity index is 179. The second-order valence-corrected chi connectivity index (χ2v) is 4.81. The third-order valence-corrected chi connectivity index (χ3v) is 3.50. The van der Waals surface area contributed by atoms with Gasteiger partial charge in [0.05, 0.1) is 11.7 Å². The molecule has 1 spiro atoms. The minimum absolute atomic E-state index is 0.207. The SMILES string of the molecule is CCC1CNCC2(CCC(C)C2)O1. The van der Waals surface area contributed by atoms with Gasteiger partial charge in [0, 0.05) is 13.1 Å². The summed E-state index contributed by atoms with van der Waals surface area (Å²) in [7, 11) is 0. The molecule has 1 aliphatic heterocycles. The van der Waals surface area contributed by atoms with Gasteiger partial charge in [-0.25, -0.2) is 0 Å². The van der Waals surface area contributed by atoms with Gasteiger partial charge in [0.1, 0.15) is 0 Å². The van der Waals surface area contributed by atoms with E-state index in [4.69, 9.17) is 4.74 Å². The van der Waals surface area contributed by atoms with Gasteiger partial charge in [0.25, 0.3) is 0 Å². The van der Waals surface area contributed by atoms with Gasteiger partial charge in [-0.05, 0) is 31.6 Å². The maximum absolute atomic E-state index is 6.19. The molecule has 1 heterocycles. The van der Waals surface area contributed by atoms with E-state index in [9.17, 15) is 0 Å². The van der Waals surface area contributed by atoms with E-state index in [-0.39, 0.29) is 5.60 Å². The van der Waals surface area contributed by atoms with Gasteiger partial charge < -0.3 is 10.1 Å². The fourth-order valence-electron chi connectivity index (χ4n) is 2.74. The first-order valence-electron chi connectivity index (χ1n) is 5.63. The minimum Gasteiger partial charge on any atom is -0.369 e. The maximum Gasteiger partial charge on any atom is 0.0813 e. The van der Waals surface area contributed by atoms with Crippen LogP contribution in [0, 0.1) is 5.92 Å². The summed E-state index contributed by atoms with van der Waals surface area (Å²) >= 11 is 0. The number of hydrogen-bond donors (Lipinski definition) is 1. The topological polar surface area (TPSA) is 21.3 Å². The zero-order chi connectivity index (χ0) is 9.31. The Labute approximate surface area is 81.0 Å². The number of morpholine rings is 1. The molecular formula is C11H21NO. The van der Waals surface area contributed by atoms with Crippen molar-refractivity contribution in [1.29, 1.82) is 0 Å². The molecule has 3 atom stereocenters. The van der Waals surface area contributed by atoms with E-state index in [1.165, 1.54) is 19.3 Å². The molecule has 0 aromatic rings. The Kier molecular flexibility index (Phi) is 2.61. The molecule has 1 saturated carbocycles. The van der Waals surface area contributed by atoms with Crippen molar-refractivity contribution in [3.63, 3.8) is 0 Å². The van der Waals surface area contributed by atoms with Gasteiger partial charge in [-0.1, -0.05) is 13.8 Å². The van der Waals surface area contributed by atoms with Crippen LogP contribution in [-0.2, 0) is 4.74 Å². The lowest BCUT2D eigenvalue weighted by molar-refractivity contribution is -0.114. The maximum atomic E-state index is 6.19. The van der Waals surface area contributed by atoms with Crippen LogP contribution in [-0.4, -0.2) is 24.8 Å². The van der Waals surface area contributed by atoms with Crippen molar-refractivity contribution in [2.45, 2.75) is 51.2 Å². The van der Waals surface area contributed by atoms with Crippen LogP contribution in [0.15, 0.2) is 0 Å². The van der Waals surface area contributed by atoms with Crippen LogP contribution in [0.4, 0.5) is 0 Å². The van der Waals surface area contributed by atoms with Crippen LogP contribution in [0.25, 0.3) is 0 Å². The van der Waals surface area contributed by atoms with Crippen molar-refractivity contribution < 1.29 is 4.74 Å². The second-order valence-electron chi connectivity index (χ2n) is 4.81. The van der Waals surface area contributed by atoms with E-state index in [0.29, 0.717) is 6.10 Å². The zero-order valence-corrected chi connectivity index (χ0v) is 8.81. The van der Waals surface area contributed by atoms with E-state index < -0.39 is 0 Å². The molecule has 2 fully saturated rings. The normalized spacial score (nSPS) is 45.7. The third-order valence-electron chi connectivity index (χ3n) is 3.50. The number of rotatable bonds is 1. The predicted molar refractivity (Wildman–Crippen MR) is 53.8 cm³/mol. The summed E-state index contributed by atoms with van der Waals surface area (Å²) in [4.78, 5) is 0. The van der Waals surface area contributed by atoms with Crippen molar-refractivity contribution in [2.75, 3.05) is 13.1 Å². The average molecular weight is 183 g/mol. The average Bonchev–Trinajstić information content (AvgIpc) is 2.47. The molecule has 1 N–H and O–H groups in total. The highest BCUT2D eigenvalue weighted by Crippen LogP contribution is 2.39. The van der Waals surface area contributed by atoms with Gasteiger partial charge in [0.15, 0.2) is 0 Å². The molecule has 2 aliphatic rings. The van der Waals surface area contributed by atoms with Crippen LogP contribution >= 0.6 is 0 Å². The van der Waals surface area contributed by atoms with Crippen molar-refractivity contribution >= 4 is 0 Å². The molecule has 0 amide bonds. The van der Waals surface area contributed by atoms with E-state index in [1.807, 2.05) is 0 Å². The Morgan fingerprint density at radius 3 is 3.00 bits per heavy atom. The molecule has 1 aliphatic carbocycles. The Morgan fingerprint density at radius 1 is 1.54 bits per heavy atom. The first kappa shape index (κ1) is 9.47. The van der Waals surface area contributed by atoms with Crippen LogP contribution in [0.5, 0.6) is 0 Å². The molecular weight excluding hydrogens is 162 g/mol. The standard InChI is InChI=1S/C11H21NO/c1-3-10-7-12-8-11(13-10)5-4-9(2)6-11/h9-10,12H,3-8H2,1-2H3. The van der Waals surface area contributed by atoms with Crippen LogP contribution in [0.3, 0.4) is 0 Å². The van der Waals surface area contributed by atoms with Crippen molar-refractivity contribution in [3.05, 3.63) is 0 Å². The van der Waals surface area contributed by atoms with Gasteiger partial charge in [-0.2, -0.15) is 0 Å². The Morgan fingerprint density at radius 2 is 2.38 bits per heavy atom. The lowest BCUT2D eigenvalue weighted by Gasteiger charge is -2.39. The fourth-order valence-corrected chi connectivity index (χ4v) is 2.74. The molecule has 3 unspecified atom stereocenters. The molecule has 13 heavy (non-hydrogen) atoms. The van der Waals surface area contributed by atoms with Crippen molar-refractivity contribution in [2.24, 2.45) is 5.92 Å². The molecule has 0 aromatic heterocycles. The highest BCUT2D eigenvalue weighted by Gasteiger charge is 2.41. The highest BCUT2D eigenvalue weighted by molar-refractivity contribution is 4.95. The molecule has 2 rings (SSSR count). The quantitative estimate of drug-likeness (QED) is 0.671. The summed E-state index contributed by atoms with van der Waals surface area (Å²) in [5.74, 6) is 0.859. The number of hydrogen-bond acceptors (Lipinski definition) is 2. The van der Waals surface area contributed by atoms with E-state index in [0.717, 1.165) is 25.4 Å². The van der Waals surface area contributed by atoms with Gasteiger partial charge in [-0.3, -0.25) is 0 Å². The van der Waals surface area contributed by atoms with Gasteiger partial charge in [0.2, 0.25) is 0 Å². The first-order valence-corrected chi connectivity index (χ1v) is 5.63. The van der Waals surface area contributed by atoms with E-state index >= 15 is 0 Å². The molecule has 0 aromatic carbocycles.